The molecule has 4 rings (SSSR count). The minimum atomic E-state index is -0.585. The van der Waals surface area contributed by atoms with Gasteiger partial charge >= 0.3 is 0 Å². The molecule has 0 spiro atoms. The third-order valence-corrected chi connectivity index (χ3v) is 6.20. The van der Waals surface area contributed by atoms with Gasteiger partial charge in [-0.2, -0.15) is 0 Å². The van der Waals surface area contributed by atoms with Crippen LogP contribution in [0.4, 0.5) is 4.39 Å². The van der Waals surface area contributed by atoms with Gasteiger partial charge in [-0.3, -0.25) is 18.6 Å². The number of Topliss-reactive ketones (excluding diaryl/α,β-unsaturated/α-hetero) is 1. The molecular formula is C23H23FN4O3S. The van der Waals surface area contributed by atoms with Gasteiger partial charge in [-0.05, 0) is 36.8 Å². The lowest BCUT2D eigenvalue weighted by atomic mass is 10.1. The van der Waals surface area contributed by atoms with Crippen LogP contribution >= 0.6 is 11.8 Å². The van der Waals surface area contributed by atoms with Crippen LogP contribution in [-0.4, -0.2) is 37.8 Å². The van der Waals surface area contributed by atoms with E-state index in [1.807, 2.05) is 22.6 Å². The van der Waals surface area contributed by atoms with Crippen molar-refractivity contribution in [2.45, 2.75) is 37.9 Å². The van der Waals surface area contributed by atoms with Crippen LogP contribution in [0.3, 0.4) is 0 Å². The van der Waals surface area contributed by atoms with Gasteiger partial charge in [0.25, 0.3) is 5.56 Å². The van der Waals surface area contributed by atoms with Gasteiger partial charge in [-0.25, -0.2) is 4.39 Å². The maximum absolute atomic E-state index is 14.0. The first-order valence-corrected chi connectivity index (χ1v) is 11.4. The van der Waals surface area contributed by atoms with Crippen molar-refractivity contribution < 1.29 is 13.9 Å². The van der Waals surface area contributed by atoms with E-state index in [1.165, 1.54) is 37.1 Å². The fourth-order valence-corrected chi connectivity index (χ4v) is 4.44. The van der Waals surface area contributed by atoms with E-state index in [1.54, 1.807) is 10.6 Å². The predicted octanol–water partition coefficient (Wildman–Crippen LogP) is 4.36. The average Bonchev–Trinajstić information content (AvgIpc) is 3.23. The molecule has 166 valence electrons. The molecule has 0 amide bonds. The van der Waals surface area contributed by atoms with Crippen molar-refractivity contribution in [1.29, 1.82) is 0 Å². The van der Waals surface area contributed by atoms with E-state index in [9.17, 15) is 14.0 Å². The number of ether oxygens (including phenoxy) is 1. The Hall–Kier alpha value is -3.20. The molecule has 2 aromatic heterocycles. The lowest BCUT2D eigenvalue weighted by Gasteiger charge is -2.11. The number of fused-ring (bicyclic) bond motifs is 3. The number of aromatic nitrogens is 4. The van der Waals surface area contributed by atoms with Crippen molar-refractivity contribution in [3.8, 4) is 5.75 Å². The highest BCUT2D eigenvalue weighted by Crippen LogP contribution is 2.24. The summed E-state index contributed by atoms with van der Waals surface area (Å²) < 4.78 is 22.3. The number of ketones is 1. The van der Waals surface area contributed by atoms with E-state index in [-0.39, 0.29) is 28.4 Å². The maximum atomic E-state index is 14.0. The standard InChI is InChI=1S/C23H23FN4O3S/c1-3-4-7-12-27-21(30)16-8-5-6-9-18(16)28-22(27)25-26-23(28)32-14-19(29)15-10-11-20(31-2)17(24)13-15/h5-6,8-11,13H,3-4,7,12,14H2,1-2H3. The number of halogens is 1. The van der Waals surface area contributed by atoms with Gasteiger partial charge in [-0.1, -0.05) is 43.7 Å². The number of hydrogen-bond acceptors (Lipinski definition) is 6. The lowest BCUT2D eigenvalue weighted by Crippen LogP contribution is -2.23. The number of thioether (sulfide) groups is 1. The van der Waals surface area contributed by atoms with E-state index in [0.29, 0.717) is 28.4 Å². The van der Waals surface area contributed by atoms with Crippen molar-refractivity contribution in [2.24, 2.45) is 0 Å². The Morgan fingerprint density at radius 1 is 1.16 bits per heavy atom. The number of methoxy groups -OCH3 is 1. The summed E-state index contributed by atoms with van der Waals surface area (Å²) in [7, 11) is 1.37. The summed E-state index contributed by atoms with van der Waals surface area (Å²) in [6.07, 6.45) is 2.91. The highest BCUT2D eigenvalue weighted by molar-refractivity contribution is 7.99. The van der Waals surface area contributed by atoms with Crippen LogP contribution in [0, 0.1) is 5.82 Å². The molecule has 0 N–H and O–H groups in total. The largest absolute Gasteiger partial charge is 0.494 e. The van der Waals surface area contributed by atoms with Gasteiger partial charge in [0, 0.05) is 12.1 Å². The van der Waals surface area contributed by atoms with Crippen LogP contribution in [0.25, 0.3) is 16.7 Å². The zero-order chi connectivity index (χ0) is 22.7. The normalized spacial score (nSPS) is 11.3. The molecule has 2 aromatic carbocycles. The zero-order valence-electron chi connectivity index (χ0n) is 17.9. The van der Waals surface area contributed by atoms with Crippen molar-refractivity contribution in [3.63, 3.8) is 0 Å². The SMILES string of the molecule is CCCCCn1c(=O)c2ccccc2n2c(SCC(=O)c3ccc(OC)c(F)c3)nnc12. The average molecular weight is 455 g/mol. The molecule has 0 saturated carbocycles. The van der Waals surface area contributed by atoms with E-state index >= 15 is 0 Å². The third-order valence-electron chi connectivity index (χ3n) is 5.27. The van der Waals surface area contributed by atoms with Gasteiger partial charge in [0.2, 0.25) is 5.78 Å². The molecule has 0 atom stereocenters. The summed E-state index contributed by atoms with van der Waals surface area (Å²) in [5, 5.41) is 9.59. The molecule has 0 unspecified atom stereocenters. The molecule has 0 fully saturated rings. The molecule has 4 aromatic rings. The molecule has 2 heterocycles. The Morgan fingerprint density at radius 2 is 1.97 bits per heavy atom. The monoisotopic (exact) mass is 454 g/mol. The van der Waals surface area contributed by atoms with Crippen LogP contribution in [-0.2, 0) is 6.54 Å². The molecule has 0 radical (unpaired) electrons. The Kier molecular flexibility index (Phi) is 6.55. The number of para-hydroxylation sites is 1. The Bertz CT molecular complexity index is 1350. The smallest absolute Gasteiger partial charge is 0.262 e. The second kappa shape index (κ2) is 9.52. The predicted molar refractivity (Wildman–Crippen MR) is 122 cm³/mol. The number of rotatable bonds is 9. The summed E-state index contributed by atoms with van der Waals surface area (Å²) in [5.41, 5.74) is 0.846. The number of unbranched alkanes of at least 4 members (excludes halogenated alkanes) is 2. The van der Waals surface area contributed by atoms with Gasteiger partial charge in [0.1, 0.15) is 0 Å². The second-order valence-corrected chi connectivity index (χ2v) is 8.30. The highest BCUT2D eigenvalue weighted by atomic mass is 32.2. The van der Waals surface area contributed by atoms with E-state index in [4.69, 9.17) is 4.74 Å². The van der Waals surface area contributed by atoms with Crippen molar-refractivity contribution >= 4 is 34.2 Å². The minimum Gasteiger partial charge on any atom is -0.494 e. The molecule has 9 heteroatoms. The van der Waals surface area contributed by atoms with Gasteiger partial charge in [-0.15, -0.1) is 10.2 Å². The number of benzene rings is 2. The topological polar surface area (TPSA) is 78.5 Å². The quantitative estimate of drug-likeness (QED) is 0.212. The fraction of sp³-hybridized carbons (Fsp3) is 0.304. The molecular weight excluding hydrogens is 431 g/mol. The molecule has 0 bridgehead atoms. The summed E-state index contributed by atoms with van der Waals surface area (Å²) in [4.78, 5) is 25.7. The highest BCUT2D eigenvalue weighted by Gasteiger charge is 2.18. The first kappa shape index (κ1) is 22.0. The molecule has 0 aliphatic rings. The Morgan fingerprint density at radius 3 is 2.72 bits per heavy atom. The Balaban J connectivity index is 1.68. The number of nitrogens with zero attached hydrogens (tertiary/aromatic N) is 4. The summed E-state index contributed by atoms with van der Waals surface area (Å²) in [6, 6.07) is 11.4. The van der Waals surface area contributed by atoms with E-state index in [0.717, 1.165) is 19.3 Å². The second-order valence-electron chi connectivity index (χ2n) is 7.36. The summed E-state index contributed by atoms with van der Waals surface area (Å²) in [6.45, 7) is 2.66. The molecule has 32 heavy (non-hydrogen) atoms. The first-order valence-electron chi connectivity index (χ1n) is 10.4. The van der Waals surface area contributed by atoms with Crippen molar-refractivity contribution in [2.75, 3.05) is 12.9 Å². The van der Waals surface area contributed by atoms with Crippen LogP contribution < -0.4 is 10.3 Å². The number of hydrogen-bond donors (Lipinski definition) is 0. The van der Waals surface area contributed by atoms with Crippen molar-refractivity contribution in [1.82, 2.24) is 19.2 Å². The zero-order valence-corrected chi connectivity index (χ0v) is 18.7. The number of carbonyl (C=O) groups excluding carboxylic acids is 1. The summed E-state index contributed by atoms with van der Waals surface area (Å²) >= 11 is 1.20. The van der Waals surface area contributed by atoms with Gasteiger partial charge in [0.15, 0.2) is 22.5 Å². The van der Waals surface area contributed by atoms with Gasteiger partial charge in [0.05, 0.1) is 23.8 Å². The maximum Gasteiger partial charge on any atom is 0.262 e. The molecule has 7 nitrogen and oxygen atoms in total. The van der Waals surface area contributed by atoms with Gasteiger partial charge < -0.3 is 4.74 Å². The molecule has 0 aliphatic heterocycles. The first-order chi connectivity index (χ1) is 15.5. The van der Waals surface area contributed by atoms with E-state index in [2.05, 4.69) is 17.1 Å². The van der Waals surface area contributed by atoms with Crippen LogP contribution in [0.1, 0.15) is 36.5 Å². The third kappa shape index (κ3) is 4.12. The lowest BCUT2D eigenvalue weighted by molar-refractivity contribution is 0.102. The van der Waals surface area contributed by atoms with Crippen LogP contribution in [0.15, 0.2) is 52.4 Å². The minimum absolute atomic E-state index is 0.0514. The summed E-state index contributed by atoms with van der Waals surface area (Å²) in [5.74, 6) is -0.233. The molecule has 0 aliphatic carbocycles. The van der Waals surface area contributed by atoms with Crippen LogP contribution in [0.2, 0.25) is 0 Å². The van der Waals surface area contributed by atoms with Crippen molar-refractivity contribution in [3.05, 3.63) is 64.2 Å². The Labute approximate surface area is 188 Å². The number of carbonyl (C=O) groups is 1. The van der Waals surface area contributed by atoms with Crippen LogP contribution in [0.5, 0.6) is 5.75 Å². The fourth-order valence-electron chi connectivity index (χ4n) is 3.60. The van der Waals surface area contributed by atoms with E-state index < -0.39 is 5.82 Å². The number of aryl methyl sites for hydroxylation is 1. The molecule has 0 saturated heterocycles.